The SMILES string of the molecule is C=CCOC(=O)Nc1cc(O[Si](C(C)C)(C(C)C)C(C)C)c(OC)cc1C(=O)N1C=C(c2ccc(OC)cc2)C[C@H]1CO. The number of ether oxygens (including phenoxy) is 3. The third-order valence-corrected chi connectivity index (χ3v) is 14.1. The highest BCUT2D eigenvalue weighted by Gasteiger charge is 2.47. The van der Waals surface area contributed by atoms with Gasteiger partial charge < -0.3 is 28.6 Å². The van der Waals surface area contributed by atoms with Gasteiger partial charge in [-0.25, -0.2) is 4.79 Å². The standard InChI is InChI=1S/C33H46N2O7Si/c1-10-15-41-33(38)34-29-18-31(42-43(21(2)3,22(4)5)23(6)7)30(40-9)17-28(29)32(37)35-19-25(16-26(35)20-36)24-11-13-27(39-8)14-12-24/h10-14,17-19,21-23,26,36H,1,15-16,20H2,2-9H3,(H,34,38)/t26-/m0/s1. The lowest BCUT2D eigenvalue weighted by molar-refractivity contribution is 0.0733. The van der Waals surface area contributed by atoms with E-state index in [1.54, 1.807) is 25.4 Å². The number of nitrogens with zero attached hydrogens (tertiary/aromatic N) is 1. The number of methoxy groups -OCH3 is 2. The highest BCUT2D eigenvalue weighted by Crippen LogP contribution is 2.46. The van der Waals surface area contributed by atoms with E-state index in [4.69, 9.17) is 18.6 Å². The molecule has 0 saturated carbocycles. The van der Waals surface area contributed by atoms with E-state index < -0.39 is 26.4 Å². The number of aliphatic hydroxyl groups excluding tert-OH is 1. The molecule has 0 unspecified atom stereocenters. The zero-order chi connectivity index (χ0) is 31.9. The van der Waals surface area contributed by atoms with Crippen LogP contribution in [0.5, 0.6) is 17.2 Å². The van der Waals surface area contributed by atoms with Crippen molar-refractivity contribution in [2.45, 2.75) is 70.6 Å². The third kappa shape index (κ3) is 7.25. The van der Waals surface area contributed by atoms with E-state index >= 15 is 0 Å². The first-order valence-electron chi connectivity index (χ1n) is 14.7. The second-order valence-electron chi connectivity index (χ2n) is 11.6. The van der Waals surface area contributed by atoms with E-state index in [1.165, 1.54) is 18.1 Å². The molecule has 0 radical (unpaired) electrons. The van der Waals surface area contributed by atoms with Crippen molar-refractivity contribution in [1.29, 1.82) is 0 Å². The van der Waals surface area contributed by atoms with Crippen LogP contribution in [-0.4, -0.2) is 63.8 Å². The van der Waals surface area contributed by atoms with Gasteiger partial charge in [-0.2, -0.15) is 0 Å². The lowest BCUT2D eigenvalue weighted by atomic mass is 10.0. The van der Waals surface area contributed by atoms with Gasteiger partial charge in [-0.1, -0.05) is 66.3 Å². The van der Waals surface area contributed by atoms with Gasteiger partial charge in [0, 0.05) is 12.3 Å². The number of carbonyl (C=O) groups excluding carboxylic acids is 2. The molecule has 234 valence electrons. The summed E-state index contributed by atoms with van der Waals surface area (Å²) in [6, 6.07) is 10.3. The van der Waals surface area contributed by atoms with Crippen molar-refractivity contribution >= 4 is 31.6 Å². The lowest BCUT2D eigenvalue weighted by Crippen LogP contribution is -2.50. The second kappa shape index (κ2) is 14.6. The predicted molar refractivity (Wildman–Crippen MR) is 172 cm³/mol. The third-order valence-electron chi connectivity index (χ3n) is 8.15. The van der Waals surface area contributed by atoms with Crippen LogP contribution >= 0.6 is 0 Å². The smallest absolute Gasteiger partial charge is 0.411 e. The molecule has 2 aromatic rings. The molecular formula is C33H46N2O7Si. The summed E-state index contributed by atoms with van der Waals surface area (Å²) in [5.41, 5.74) is 3.05. The molecule has 9 nitrogen and oxygen atoms in total. The quantitative estimate of drug-likeness (QED) is 0.182. The molecule has 0 saturated heterocycles. The fourth-order valence-corrected chi connectivity index (χ4v) is 11.3. The van der Waals surface area contributed by atoms with Gasteiger partial charge in [0.25, 0.3) is 14.2 Å². The molecule has 43 heavy (non-hydrogen) atoms. The van der Waals surface area contributed by atoms with Crippen molar-refractivity contribution in [2.75, 3.05) is 32.8 Å². The minimum atomic E-state index is -2.42. The maximum Gasteiger partial charge on any atom is 0.411 e. The second-order valence-corrected chi connectivity index (χ2v) is 17.0. The first-order valence-corrected chi connectivity index (χ1v) is 16.8. The molecule has 0 bridgehead atoms. The molecule has 0 aliphatic carbocycles. The first-order chi connectivity index (χ1) is 20.4. The zero-order valence-corrected chi connectivity index (χ0v) is 27.6. The van der Waals surface area contributed by atoms with Crippen molar-refractivity contribution in [3.63, 3.8) is 0 Å². The zero-order valence-electron chi connectivity index (χ0n) is 26.6. The van der Waals surface area contributed by atoms with E-state index in [-0.39, 0.29) is 41.1 Å². The molecule has 2 amide bonds. The molecule has 3 rings (SSSR count). The fraction of sp³-hybridized carbons (Fsp3) is 0.455. The number of amides is 2. The minimum Gasteiger partial charge on any atom is -0.540 e. The molecular weight excluding hydrogens is 564 g/mol. The number of nitrogens with one attached hydrogen (secondary N) is 1. The van der Waals surface area contributed by atoms with Crippen molar-refractivity contribution in [1.82, 2.24) is 4.90 Å². The average molecular weight is 611 g/mol. The van der Waals surface area contributed by atoms with Gasteiger partial charge in [0.05, 0.1) is 38.1 Å². The Labute approximate surface area is 256 Å². The van der Waals surface area contributed by atoms with Crippen LogP contribution in [0.3, 0.4) is 0 Å². The summed E-state index contributed by atoms with van der Waals surface area (Å²) >= 11 is 0. The van der Waals surface area contributed by atoms with Gasteiger partial charge in [-0.05, 0) is 52.4 Å². The molecule has 1 aliphatic heterocycles. The van der Waals surface area contributed by atoms with Crippen LogP contribution in [0.25, 0.3) is 5.57 Å². The van der Waals surface area contributed by atoms with Crippen molar-refractivity contribution < 1.29 is 33.3 Å². The predicted octanol–water partition coefficient (Wildman–Crippen LogP) is 7.24. The number of hydrogen-bond acceptors (Lipinski definition) is 7. The van der Waals surface area contributed by atoms with Gasteiger partial charge in [0.2, 0.25) is 0 Å². The number of aliphatic hydroxyl groups is 1. The van der Waals surface area contributed by atoms with Gasteiger partial charge in [0.15, 0.2) is 5.75 Å². The highest BCUT2D eigenvalue weighted by molar-refractivity contribution is 6.78. The Bertz CT molecular complexity index is 1300. The number of carbonyl (C=O) groups is 2. The Hall–Kier alpha value is -3.76. The Morgan fingerprint density at radius 3 is 2.16 bits per heavy atom. The Balaban J connectivity index is 2.12. The molecule has 1 heterocycles. The van der Waals surface area contributed by atoms with Crippen LogP contribution < -0.4 is 19.2 Å². The first kappa shape index (κ1) is 33.7. The topological polar surface area (TPSA) is 107 Å². The summed E-state index contributed by atoms with van der Waals surface area (Å²) in [7, 11) is 0.706. The average Bonchev–Trinajstić information content (AvgIpc) is 3.42. The molecule has 1 atom stereocenters. The molecule has 0 aromatic heterocycles. The number of hydrogen-bond donors (Lipinski definition) is 2. The van der Waals surface area contributed by atoms with Crippen molar-refractivity contribution in [2.24, 2.45) is 0 Å². The van der Waals surface area contributed by atoms with Crippen LogP contribution in [0, 0.1) is 0 Å². The highest BCUT2D eigenvalue weighted by atomic mass is 28.4. The number of rotatable bonds is 13. The van der Waals surface area contributed by atoms with Crippen molar-refractivity contribution in [3.05, 3.63) is 66.4 Å². The van der Waals surface area contributed by atoms with Gasteiger partial charge in [-0.15, -0.1) is 0 Å². The van der Waals surface area contributed by atoms with Gasteiger partial charge in [0.1, 0.15) is 18.1 Å². The normalized spacial score (nSPS) is 15.0. The molecule has 1 aliphatic rings. The van der Waals surface area contributed by atoms with E-state index in [0.29, 0.717) is 17.9 Å². The van der Waals surface area contributed by atoms with E-state index in [9.17, 15) is 14.7 Å². The Morgan fingerprint density at radius 1 is 1.02 bits per heavy atom. The largest absolute Gasteiger partial charge is 0.540 e. The van der Waals surface area contributed by atoms with E-state index in [0.717, 1.165) is 16.9 Å². The molecule has 2 aromatic carbocycles. The van der Waals surface area contributed by atoms with Crippen LogP contribution in [0.4, 0.5) is 10.5 Å². The fourth-order valence-electron chi connectivity index (χ4n) is 6.10. The maximum atomic E-state index is 14.2. The van der Waals surface area contributed by atoms with Crippen LogP contribution in [0.15, 0.2) is 55.3 Å². The number of anilines is 1. The van der Waals surface area contributed by atoms with E-state index in [2.05, 4.69) is 53.4 Å². The molecule has 0 fully saturated rings. The summed E-state index contributed by atoms with van der Waals surface area (Å²) in [6.07, 6.45) is 2.93. The molecule has 2 N–H and O–H groups in total. The van der Waals surface area contributed by atoms with E-state index in [1.807, 2.05) is 24.3 Å². The van der Waals surface area contributed by atoms with Gasteiger partial charge >= 0.3 is 6.09 Å². The Morgan fingerprint density at radius 2 is 1.65 bits per heavy atom. The summed E-state index contributed by atoms with van der Waals surface area (Å²) in [4.78, 5) is 28.4. The maximum absolute atomic E-state index is 14.2. The monoisotopic (exact) mass is 610 g/mol. The van der Waals surface area contributed by atoms with Crippen LogP contribution in [-0.2, 0) is 4.74 Å². The number of benzene rings is 2. The summed E-state index contributed by atoms with van der Waals surface area (Å²) < 4.78 is 23.1. The summed E-state index contributed by atoms with van der Waals surface area (Å²) in [5, 5.41) is 13.0. The van der Waals surface area contributed by atoms with Crippen molar-refractivity contribution in [3.8, 4) is 17.2 Å². The Kier molecular flexibility index (Phi) is 11.5. The van der Waals surface area contributed by atoms with Crippen LogP contribution in [0.2, 0.25) is 16.6 Å². The molecule has 10 heteroatoms. The summed E-state index contributed by atoms with van der Waals surface area (Å²) in [5.74, 6) is 1.15. The lowest BCUT2D eigenvalue weighted by Gasteiger charge is -2.42. The summed E-state index contributed by atoms with van der Waals surface area (Å²) in [6.45, 7) is 16.4. The van der Waals surface area contributed by atoms with Crippen LogP contribution in [0.1, 0.15) is 63.9 Å². The molecule has 0 spiro atoms. The van der Waals surface area contributed by atoms with Gasteiger partial charge in [-0.3, -0.25) is 10.1 Å². The minimum absolute atomic E-state index is 0.00533.